The number of carbonyl (C=O) groups excluding carboxylic acids is 2. The summed E-state index contributed by atoms with van der Waals surface area (Å²) in [7, 11) is 0. The summed E-state index contributed by atoms with van der Waals surface area (Å²) in [6, 6.07) is 17.3. The molecule has 0 bridgehead atoms. The molecule has 1 amide bonds. The molecule has 1 aliphatic carbocycles. The number of rotatable bonds is 8. The highest BCUT2D eigenvalue weighted by Crippen LogP contribution is 2.49. The fourth-order valence-corrected chi connectivity index (χ4v) is 3.12. The van der Waals surface area contributed by atoms with Crippen LogP contribution in [0.1, 0.15) is 30.4 Å². The zero-order chi connectivity index (χ0) is 18.4. The summed E-state index contributed by atoms with van der Waals surface area (Å²) in [6.07, 6.45) is 3.23. The fourth-order valence-electron chi connectivity index (χ4n) is 2.99. The molecule has 2 aromatic carbocycles. The lowest BCUT2D eigenvalue weighted by molar-refractivity contribution is -0.151. The highest BCUT2D eigenvalue weighted by Gasteiger charge is 2.52. The first-order valence-corrected chi connectivity index (χ1v) is 9.22. The van der Waals surface area contributed by atoms with Crippen LogP contribution in [0.25, 0.3) is 0 Å². The molecule has 1 fully saturated rings. The van der Waals surface area contributed by atoms with Gasteiger partial charge in [-0.2, -0.15) is 0 Å². The second-order valence-corrected chi connectivity index (χ2v) is 7.04. The van der Waals surface area contributed by atoms with Gasteiger partial charge >= 0.3 is 5.97 Å². The molecule has 0 unspecified atom stereocenters. The van der Waals surface area contributed by atoms with E-state index in [9.17, 15) is 9.59 Å². The van der Waals surface area contributed by atoms with Gasteiger partial charge in [-0.1, -0.05) is 54.1 Å². The van der Waals surface area contributed by atoms with Crippen molar-refractivity contribution in [1.29, 1.82) is 0 Å². The van der Waals surface area contributed by atoms with E-state index in [-0.39, 0.29) is 18.5 Å². The van der Waals surface area contributed by atoms with E-state index >= 15 is 0 Å². The van der Waals surface area contributed by atoms with Gasteiger partial charge in [-0.25, -0.2) is 0 Å². The van der Waals surface area contributed by atoms with Crippen molar-refractivity contribution in [3.05, 3.63) is 70.7 Å². The topological polar surface area (TPSA) is 55.4 Å². The zero-order valence-electron chi connectivity index (χ0n) is 14.5. The third-order valence-corrected chi connectivity index (χ3v) is 4.93. The number of esters is 1. The molecule has 0 atom stereocenters. The van der Waals surface area contributed by atoms with Crippen LogP contribution in [0.15, 0.2) is 54.6 Å². The summed E-state index contributed by atoms with van der Waals surface area (Å²) in [4.78, 5) is 24.3. The van der Waals surface area contributed by atoms with Crippen LogP contribution in [0.2, 0.25) is 5.02 Å². The van der Waals surface area contributed by atoms with Crippen LogP contribution in [0.3, 0.4) is 0 Å². The van der Waals surface area contributed by atoms with Gasteiger partial charge in [0, 0.05) is 11.6 Å². The van der Waals surface area contributed by atoms with Crippen LogP contribution in [0.5, 0.6) is 0 Å². The average molecular weight is 372 g/mol. The Morgan fingerprint density at radius 1 is 1.04 bits per heavy atom. The number of halogens is 1. The van der Waals surface area contributed by atoms with Crippen molar-refractivity contribution in [2.75, 3.05) is 13.2 Å². The summed E-state index contributed by atoms with van der Waals surface area (Å²) >= 11 is 5.89. The molecule has 1 saturated carbocycles. The lowest BCUT2D eigenvalue weighted by Crippen LogP contribution is -2.32. The minimum Gasteiger partial charge on any atom is -0.455 e. The van der Waals surface area contributed by atoms with Crippen molar-refractivity contribution in [2.24, 2.45) is 0 Å². The van der Waals surface area contributed by atoms with Crippen LogP contribution in [-0.4, -0.2) is 25.0 Å². The molecule has 4 nitrogen and oxygen atoms in total. The first kappa shape index (κ1) is 18.5. The molecule has 26 heavy (non-hydrogen) atoms. The predicted octanol–water partition coefficient (Wildman–Crippen LogP) is 3.66. The summed E-state index contributed by atoms with van der Waals surface area (Å²) in [6.45, 7) is 0.327. The molecule has 5 heteroatoms. The Kier molecular flexibility index (Phi) is 5.94. The standard InChI is InChI=1S/C21H22ClNO3/c22-18-10-8-17(9-11-18)21(12-13-21)20(25)26-15-19(24)23-14-4-7-16-5-2-1-3-6-16/h1-3,5-6,8-11H,4,7,12-15H2,(H,23,24). The molecular formula is C21H22ClNO3. The van der Waals surface area contributed by atoms with E-state index < -0.39 is 5.41 Å². The molecule has 136 valence electrons. The highest BCUT2D eigenvalue weighted by molar-refractivity contribution is 6.30. The Labute approximate surface area is 158 Å². The minimum absolute atomic E-state index is 0.237. The van der Waals surface area contributed by atoms with E-state index in [1.165, 1.54) is 5.56 Å². The van der Waals surface area contributed by atoms with Crippen molar-refractivity contribution in [3.63, 3.8) is 0 Å². The van der Waals surface area contributed by atoms with E-state index in [1.54, 1.807) is 12.1 Å². The number of benzene rings is 2. The summed E-state index contributed by atoms with van der Waals surface area (Å²) in [5.41, 5.74) is 1.54. The van der Waals surface area contributed by atoms with Crippen LogP contribution < -0.4 is 5.32 Å². The summed E-state index contributed by atoms with van der Waals surface area (Å²) < 4.78 is 5.25. The third kappa shape index (κ3) is 4.64. The van der Waals surface area contributed by atoms with E-state index in [0.717, 1.165) is 31.2 Å². The zero-order valence-corrected chi connectivity index (χ0v) is 15.3. The number of ether oxygens (including phenoxy) is 1. The van der Waals surface area contributed by atoms with Crippen LogP contribution in [-0.2, 0) is 26.2 Å². The van der Waals surface area contributed by atoms with Crippen molar-refractivity contribution >= 4 is 23.5 Å². The van der Waals surface area contributed by atoms with Crippen LogP contribution in [0.4, 0.5) is 0 Å². The molecule has 2 aromatic rings. The number of aryl methyl sites for hydroxylation is 1. The minimum atomic E-state index is -0.599. The van der Waals surface area contributed by atoms with Crippen molar-refractivity contribution in [3.8, 4) is 0 Å². The largest absolute Gasteiger partial charge is 0.455 e. The predicted molar refractivity (Wildman–Crippen MR) is 101 cm³/mol. The molecule has 0 radical (unpaired) electrons. The van der Waals surface area contributed by atoms with Crippen LogP contribution >= 0.6 is 11.6 Å². The van der Waals surface area contributed by atoms with Gasteiger partial charge in [-0.3, -0.25) is 9.59 Å². The van der Waals surface area contributed by atoms with E-state index in [1.807, 2.05) is 30.3 Å². The lowest BCUT2D eigenvalue weighted by atomic mass is 9.96. The second kappa shape index (κ2) is 8.37. The second-order valence-electron chi connectivity index (χ2n) is 6.60. The number of hydrogen-bond acceptors (Lipinski definition) is 3. The first-order valence-electron chi connectivity index (χ1n) is 8.84. The van der Waals surface area contributed by atoms with E-state index in [0.29, 0.717) is 11.6 Å². The summed E-state index contributed by atoms with van der Waals surface area (Å²) in [5, 5.41) is 3.43. The maximum absolute atomic E-state index is 12.4. The Morgan fingerprint density at radius 2 is 1.73 bits per heavy atom. The van der Waals surface area contributed by atoms with Gasteiger partial charge in [-0.05, 0) is 48.9 Å². The normalized spacial score (nSPS) is 14.5. The van der Waals surface area contributed by atoms with Gasteiger partial charge in [0.1, 0.15) is 0 Å². The van der Waals surface area contributed by atoms with E-state index in [2.05, 4.69) is 17.4 Å². The molecule has 1 N–H and O–H groups in total. The molecule has 0 saturated heterocycles. The maximum atomic E-state index is 12.4. The van der Waals surface area contributed by atoms with Gasteiger partial charge in [0.15, 0.2) is 6.61 Å². The third-order valence-electron chi connectivity index (χ3n) is 4.68. The molecule has 0 spiro atoms. The molecule has 0 heterocycles. The number of amides is 1. The highest BCUT2D eigenvalue weighted by atomic mass is 35.5. The van der Waals surface area contributed by atoms with Crippen LogP contribution in [0, 0.1) is 0 Å². The molecule has 1 aliphatic rings. The summed E-state index contributed by atoms with van der Waals surface area (Å²) in [5.74, 6) is -0.599. The molecule has 0 aromatic heterocycles. The Hall–Kier alpha value is -2.33. The smallest absolute Gasteiger partial charge is 0.317 e. The Bertz CT molecular complexity index is 755. The lowest BCUT2D eigenvalue weighted by Gasteiger charge is -2.15. The quantitative estimate of drug-likeness (QED) is 0.569. The Balaban J connectivity index is 1.39. The van der Waals surface area contributed by atoms with Crippen molar-refractivity contribution < 1.29 is 14.3 Å². The number of carbonyl (C=O) groups is 2. The average Bonchev–Trinajstić information content (AvgIpc) is 3.47. The van der Waals surface area contributed by atoms with E-state index in [4.69, 9.17) is 16.3 Å². The monoisotopic (exact) mass is 371 g/mol. The van der Waals surface area contributed by atoms with Gasteiger partial charge < -0.3 is 10.1 Å². The Morgan fingerprint density at radius 3 is 2.38 bits per heavy atom. The van der Waals surface area contributed by atoms with Gasteiger partial charge in [0.05, 0.1) is 5.41 Å². The van der Waals surface area contributed by atoms with Gasteiger partial charge in [-0.15, -0.1) is 0 Å². The number of nitrogens with one attached hydrogen (secondary N) is 1. The molecule has 3 rings (SSSR count). The fraction of sp³-hybridized carbons (Fsp3) is 0.333. The van der Waals surface area contributed by atoms with Gasteiger partial charge in [0.25, 0.3) is 5.91 Å². The van der Waals surface area contributed by atoms with Gasteiger partial charge in [0.2, 0.25) is 0 Å². The molecule has 0 aliphatic heterocycles. The van der Waals surface area contributed by atoms with Crippen molar-refractivity contribution in [2.45, 2.75) is 31.1 Å². The maximum Gasteiger partial charge on any atom is 0.317 e. The molecular weight excluding hydrogens is 350 g/mol. The SMILES string of the molecule is O=C(COC(=O)C1(c2ccc(Cl)cc2)CC1)NCCCc1ccccc1. The van der Waals surface area contributed by atoms with Crippen molar-refractivity contribution in [1.82, 2.24) is 5.32 Å². The number of hydrogen-bond donors (Lipinski definition) is 1. The first-order chi connectivity index (χ1) is 12.6.